The van der Waals surface area contributed by atoms with Crippen molar-refractivity contribution in [2.45, 2.75) is 35.1 Å². The lowest BCUT2D eigenvalue weighted by atomic mass is 10.1. The van der Waals surface area contributed by atoms with Crippen molar-refractivity contribution in [2.75, 3.05) is 13.7 Å². The minimum atomic E-state index is -0.196. The molecular weight excluding hydrogens is 359 g/mol. The maximum Gasteiger partial charge on any atom is 0.172 e. The van der Waals surface area contributed by atoms with Gasteiger partial charge in [-0.3, -0.25) is 0 Å². The SMILES string of the molecule is CO[C@@H]1O[C@H]2[C@H](OC[C@H]2OCc2ccccc2)[C@H]1I. The Hall–Kier alpha value is -0.210. The zero-order valence-corrected chi connectivity index (χ0v) is 12.9. The van der Waals surface area contributed by atoms with E-state index in [1.807, 2.05) is 18.2 Å². The van der Waals surface area contributed by atoms with Crippen LogP contribution < -0.4 is 0 Å². The Morgan fingerprint density at radius 2 is 2.05 bits per heavy atom. The zero-order chi connectivity index (χ0) is 13.2. The van der Waals surface area contributed by atoms with E-state index < -0.39 is 0 Å². The van der Waals surface area contributed by atoms with E-state index in [2.05, 4.69) is 34.7 Å². The molecular formula is C14H17IO4. The van der Waals surface area contributed by atoms with Crippen LogP contribution in [0, 0.1) is 0 Å². The minimum Gasteiger partial charge on any atom is -0.371 e. The van der Waals surface area contributed by atoms with Gasteiger partial charge in [-0.15, -0.1) is 0 Å². The first-order valence-corrected chi connectivity index (χ1v) is 7.63. The highest BCUT2D eigenvalue weighted by Gasteiger charge is 2.52. The van der Waals surface area contributed by atoms with Gasteiger partial charge in [0.1, 0.15) is 18.3 Å². The normalized spacial score (nSPS) is 37.5. The lowest BCUT2D eigenvalue weighted by Crippen LogP contribution is -2.31. The quantitative estimate of drug-likeness (QED) is 0.596. The summed E-state index contributed by atoms with van der Waals surface area (Å²) >= 11 is 2.33. The van der Waals surface area contributed by atoms with Gasteiger partial charge in [0, 0.05) is 7.11 Å². The van der Waals surface area contributed by atoms with Crippen molar-refractivity contribution in [1.29, 1.82) is 0 Å². The van der Waals surface area contributed by atoms with Crippen LogP contribution in [0.1, 0.15) is 5.56 Å². The van der Waals surface area contributed by atoms with E-state index in [4.69, 9.17) is 18.9 Å². The summed E-state index contributed by atoms with van der Waals surface area (Å²) in [6, 6.07) is 10.1. The highest BCUT2D eigenvalue weighted by atomic mass is 127. The van der Waals surface area contributed by atoms with Crippen LogP contribution in [0.5, 0.6) is 0 Å². The topological polar surface area (TPSA) is 36.9 Å². The summed E-state index contributed by atoms with van der Waals surface area (Å²) < 4.78 is 23.1. The van der Waals surface area contributed by atoms with Crippen molar-refractivity contribution in [3.05, 3.63) is 35.9 Å². The average molecular weight is 376 g/mol. The molecule has 2 aliphatic heterocycles. The second-order valence-electron chi connectivity index (χ2n) is 4.78. The van der Waals surface area contributed by atoms with Crippen LogP contribution in [0.2, 0.25) is 0 Å². The maximum absolute atomic E-state index is 5.94. The first-order valence-electron chi connectivity index (χ1n) is 6.39. The fourth-order valence-corrected chi connectivity index (χ4v) is 3.62. The predicted octanol–water partition coefficient (Wildman–Crippen LogP) is 2.15. The molecule has 5 atom stereocenters. The van der Waals surface area contributed by atoms with Gasteiger partial charge in [0.25, 0.3) is 0 Å². The number of rotatable bonds is 4. The number of fused-ring (bicyclic) bond motifs is 1. The van der Waals surface area contributed by atoms with Crippen molar-refractivity contribution in [3.8, 4) is 0 Å². The molecule has 0 spiro atoms. The molecule has 0 bridgehead atoms. The van der Waals surface area contributed by atoms with Gasteiger partial charge in [-0.2, -0.15) is 0 Å². The van der Waals surface area contributed by atoms with Gasteiger partial charge in [0.05, 0.1) is 17.1 Å². The second kappa shape index (κ2) is 6.05. The van der Waals surface area contributed by atoms with Crippen LogP contribution in [0.4, 0.5) is 0 Å². The van der Waals surface area contributed by atoms with E-state index in [0.717, 1.165) is 0 Å². The number of methoxy groups -OCH3 is 1. The Bertz CT molecular complexity index is 413. The van der Waals surface area contributed by atoms with Crippen LogP contribution in [0.15, 0.2) is 30.3 Å². The molecule has 0 N–H and O–H groups in total. The smallest absolute Gasteiger partial charge is 0.172 e. The van der Waals surface area contributed by atoms with Gasteiger partial charge >= 0.3 is 0 Å². The fourth-order valence-electron chi connectivity index (χ4n) is 2.54. The van der Waals surface area contributed by atoms with Gasteiger partial charge in [-0.25, -0.2) is 0 Å². The molecule has 104 valence electrons. The number of ether oxygens (including phenoxy) is 4. The van der Waals surface area contributed by atoms with E-state index in [0.29, 0.717) is 13.2 Å². The molecule has 5 heteroatoms. The minimum absolute atomic E-state index is 0.0115. The van der Waals surface area contributed by atoms with Crippen molar-refractivity contribution in [2.24, 2.45) is 0 Å². The van der Waals surface area contributed by atoms with Gasteiger partial charge in [-0.1, -0.05) is 52.9 Å². The Kier molecular flexibility index (Phi) is 4.38. The van der Waals surface area contributed by atoms with Gasteiger partial charge in [0.2, 0.25) is 0 Å². The lowest BCUT2D eigenvalue weighted by molar-refractivity contribution is -0.142. The van der Waals surface area contributed by atoms with Crippen LogP contribution in [0.25, 0.3) is 0 Å². The number of benzene rings is 1. The molecule has 1 aromatic rings. The standard InChI is InChI=1S/C14H17IO4/c1-16-14-11(15)13-12(19-14)10(8-18-13)17-7-9-5-3-2-4-6-9/h2-6,10-14H,7-8H2,1H3/t10-,11-,12-,13-,14-/m1/s1. The monoisotopic (exact) mass is 376 g/mol. The number of hydrogen-bond acceptors (Lipinski definition) is 4. The van der Waals surface area contributed by atoms with Crippen molar-refractivity contribution in [1.82, 2.24) is 0 Å². The molecule has 3 rings (SSSR count). The highest BCUT2D eigenvalue weighted by molar-refractivity contribution is 14.1. The zero-order valence-electron chi connectivity index (χ0n) is 10.7. The van der Waals surface area contributed by atoms with E-state index in [1.54, 1.807) is 7.11 Å². The van der Waals surface area contributed by atoms with E-state index in [1.165, 1.54) is 5.56 Å². The molecule has 2 fully saturated rings. The fraction of sp³-hybridized carbons (Fsp3) is 0.571. The molecule has 19 heavy (non-hydrogen) atoms. The first kappa shape index (κ1) is 13.8. The Morgan fingerprint density at radius 3 is 2.79 bits per heavy atom. The second-order valence-corrected chi connectivity index (χ2v) is 6.22. The summed E-state index contributed by atoms with van der Waals surface area (Å²) in [6.45, 7) is 1.18. The molecule has 2 aliphatic rings. The molecule has 0 aromatic heterocycles. The molecule has 1 aromatic carbocycles. The van der Waals surface area contributed by atoms with Gasteiger partial charge in [0.15, 0.2) is 6.29 Å². The molecule has 2 saturated heterocycles. The first-order chi connectivity index (χ1) is 9.29. The number of alkyl halides is 1. The lowest BCUT2D eigenvalue weighted by Gasteiger charge is -2.18. The molecule has 0 radical (unpaired) electrons. The van der Waals surface area contributed by atoms with Crippen molar-refractivity contribution in [3.63, 3.8) is 0 Å². The molecule has 0 saturated carbocycles. The summed E-state index contributed by atoms with van der Waals surface area (Å²) in [5.41, 5.74) is 1.17. The predicted molar refractivity (Wildman–Crippen MR) is 78.2 cm³/mol. The average Bonchev–Trinajstić information content (AvgIpc) is 2.98. The summed E-state index contributed by atoms with van der Waals surface area (Å²) in [5.74, 6) is 0. The molecule has 2 heterocycles. The van der Waals surface area contributed by atoms with Crippen LogP contribution in [0.3, 0.4) is 0 Å². The van der Waals surface area contributed by atoms with Crippen molar-refractivity contribution < 1.29 is 18.9 Å². The summed E-state index contributed by atoms with van der Waals surface area (Å²) in [5, 5.41) is 0. The summed E-state index contributed by atoms with van der Waals surface area (Å²) in [4.78, 5) is 0. The van der Waals surface area contributed by atoms with Crippen LogP contribution >= 0.6 is 22.6 Å². The number of halogens is 1. The Balaban J connectivity index is 1.58. The van der Waals surface area contributed by atoms with E-state index in [-0.39, 0.29) is 28.5 Å². The van der Waals surface area contributed by atoms with E-state index in [9.17, 15) is 0 Å². The highest BCUT2D eigenvalue weighted by Crippen LogP contribution is 2.37. The van der Waals surface area contributed by atoms with Crippen LogP contribution in [-0.2, 0) is 25.6 Å². The largest absolute Gasteiger partial charge is 0.371 e. The maximum atomic E-state index is 5.94. The van der Waals surface area contributed by atoms with Crippen LogP contribution in [-0.4, -0.2) is 42.2 Å². The molecule has 0 amide bonds. The summed E-state index contributed by atoms with van der Waals surface area (Å²) in [7, 11) is 1.66. The molecule has 4 nitrogen and oxygen atoms in total. The van der Waals surface area contributed by atoms with E-state index >= 15 is 0 Å². The summed E-state index contributed by atoms with van der Waals surface area (Å²) in [6.07, 6.45) is -0.150. The Labute approximate surface area is 126 Å². The number of hydrogen-bond donors (Lipinski definition) is 0. The molecule has 0 aliphatic carbocycles. The van der Waals surface area contributed by atoms with Gasteiger partial charge in [-0.05, 0) is 5.56 Å². The third-order valence-corrected chi connectivity index (χ3v) is 4.84. The Morgan fingerprint density at radius 1 is 1.26 bits per heavy atom. The van der Waals surface area contributed by atoms with Gasteiger partial charge < -0.3 is 18.9 Å². The van der Waals surface area contributed by atoms with Crippen molar-refractivity contribution >= 4 is 22.6 Å². The third kappa shape index (κ3) is 2.80. The molecule has 0 unspecified atom stereocenters. The third-order valence-electron chi connectivity index (χ3n) is 3.55.